The summed E-state index contributed by atoms with van der Waals surface area (Å²) >= 11 is 0. The fourth-order valence-corrected chi connectivity index (χ4v) is 3.58. The number of likely N-dealkylation sites (N-methyl/N-ethyl adjacent to an activating group) is 1. The molecule has 0 aromatic heterocycles. The number of rotatable bonds is 0. The maximum Gasteiger partial charge on any atom is 0.177 e. The van der Waals surface area contributed by atoms with E-state index in [1.54, 1.807) is 13.1 Å². The zero-order valence-electron chi connectivity index (χ0n) is 15.6. The largest absolute Gasteiger partial charge is 0.350 e. The Morgan fingerprint density at radius 2 is 1.19 bits per heavy atom. The number of hydrogen-bond acceptors (Lipinski definition) is 12. The molecule has 3 aliphatic heterocycles. The fourth-order valence-electron chi connectivity index (χ4n) is 3.58. The Balaban J connectivity index is 2.12. The van der Waals surface area contributed by atoms with Gasteiger partial charge < -0.3 is 4.90 Å². The molecule has 0 amide bonds. The third-order valence-electron chi connectivity index (χ3n) is 4.91. The third kappa shape index (κ3) is 2.51. The Morgan fingerprint density at radius 1 is 0.677 bits per heavy atom. The van der Waals surface area contributed by atoms with E-state index < -0.39 is 18.1 Å². The second-order valence-electron chi connectivity index (χ2n) is 6.43. The van der Waals surface area contributed by atoms with Gasteiger partial charge in [-0.15, -0.1) is 0 Å². The summed E-state index contributed by atoms with van der Waals surface area (Å²) in [7, 11) is 1.55. The molecule has 12 nitrogen and oxygen atoms in total. The first-order valence-corrected chi connectivity index (χ1v) is 8.56. The topological polar surface area (TPSA) is 208 Å². The Morgan fingerprint density at radius 3 is 1.68 bits per heavy atom. The molecule has 1 aliphatic carbocycles. The fraction of sp³-hybridized carbons (Fsp3) is 0.211. The van der Waals surface area contributed by atoms with Crippen molar-refractivity contribution in [1.29, 1.82) is 31.6 Å². The molecule has 4 aliphatic rings. The molecule has 0 radical (unpaired) electrons. The van der Waals surface area contributed by atoms with Crippen LogP contribution in [-0.2, 0) is 0 Å². The van der Waals surface area contributed by atoms with Crippen molar-refractivity contribution in [2.24, 2.45) is 25.0 Å². The van der Waals surface area contributed by atoms with Crippen LogP contribution in [0.5, 0.6) is 0 Å². The van der Waals surface area contributed by atoms with E-state index in [0.29, 0.717) is 0 Å². The molecule has 12 heteroatoms. The summed E-state index contributed by atoms with van der Waals surface area (Å²) in [5.74, 6) is 0. The van der Waals surface area contributed by atoms with Crippen molar-refractivity contribution in [3.05, 3.63) is 22.8 Å². The van der Waals surface area contributed by atoms with Crippen LogP contribution in [0.25, 0.3) is 0 Å². The Labute approximate surface area is 174 Å². The van der Waals surface area contributed by atoms with Crippen molar-refractivity contribution in [3.8, 4) is 36.4 Å². The number of nitrogens with zero attached hydrogens (tertiary/aromatic N) is 12. The van der Waals surface area contributed by atoms with E-state index >= 15 is 0 Å². The quantitative estimate of drug-likeness (QED) is 0.534. The van der Waals surface area contributed by atoms with Gasteiger partial charge in [0.1, 0.15) is 48.1 Å². The first-order chi connectivity index (χ1) is 15.0. The van der Waals surface area contributed by atoms with Gasteiger partial charge in [-0.3, -0.25) is 9.98 Å². The molecular weight excluding hydrogens is 396 g/mol. The summed E-state index contributed by atoms with van der Waals surface area (Å²) in [4.78, 5) is 22.9. The second-order valence-corrected chi connectivity index (χ2v) is 6.43. The smallest absolute Gasteiger partial charge is 0.177 e. The highest BCUT2D eigenvalue weighted by Crippen LogP contribution is 2.42. The molecule has 0 bridgehead atoms. The lowest BCUT2D eigenvalue weighted by Gasteiger charge is -2.39. The molecule has 3 heterocycles. The van der Waals surface area contributed by atoms with Crippen LogP contribution in [0, 0.1) is 68.0 Å². The summed E-state index contributed by atoms with van der Waals surface area (Å²) in [6.45, 7) is 0. The van der Waals surface area contributed by atoms with Gasteiger partial charge >= 0.3 is 0 Å². The molecule has 3 unspecified atom stereocenters. The van der Waals surface area contributed by atoms with Gasteiger partial charge in [-0.05, 0) is 0 Å². The lowest BCUT2D eigenvalue weighted by molar-refractivity contribution is 0.399. The number of nitriles is 6. The van der Waals surface area contributed by atoms with Crippen LogP contribution in [0.1, 0.15) is 0 Å². The zero-order chi connectivity index (χ0) is 22.3. The van der Waals surface area contributed by atoms with Gasteiger partial charge in [-0.1, -0.05) is 0 Å². The van der Waals surface area contributed by atoms with Gasteiger partial charge in [-0.25, -0.2) is 15.0 Å². The van der Waals surface area contributed by atoms with Gasteiger partial charge in [0.25, 0.3) is 0 Å². The Bertz CT molecular complexity index is 1420. The van der Waals surface area contributed by atoms with Crippen molar-refractivity contribution >= 4 is 28.6 Å². The molecule has 0 saturated heterocycles. The van der Waals surface area contributed by atoms with E-state index in [1.165, 1.54) is 4.90 Å². The predicted octanol–water partition coefficient (Wildman–Crippen LogP) is -0.152. The van der Waals surface area contributed by atoms with Crippen LogP contribution in [0.15, 0.2) is 47.8 Å². The summed E-state index contributed by atoms with van der Waals surface area (Å²) < 4.78 is 0. The molecule has 0 N–H and O–H groups in total. The van der Waals surface area contributed by atoms with E-state index in [9.17, 15) is 31.6 Å². The second kappa shape index (κ2) is 6.87. The summed E-state index contributed by atoms with van der Waals surface area (Å²) in [5, 5.41) is 56.5. The first-order valence-electron chi connectivity index (χ1n) is 8.56. The monoisotopic (exact) mass is 402 g/mol. The minimum absolute atomic E-state index is 0.0978. The average Bonchev–Trinajstić information content (AvgIpc) is 2.81. The molecule has 4 rings (SSSR count). The summed E-state index contributed by atoms with van der Waals surface area (Å²) in [6, 6.07) is 8.21. The highest BCUT2D eigenvalue weighted by molar-refractivity contribution is 6.54. The van der Waals surface area contributed by atoms with Crippen molar-refractivity contribution < 1.29 is 0 Å². The Hall–Kier alpha value is -5.43. The highest BCUT2D eigenvalue weighted by Gasteiger charge is 2.47. The van der Waals surface area contributed by atoms with Crippen LogP contribution in [0.2, 0.25) is 0 Å². The highest BCUT2D eigenvalue weighted by atomic mass is 15.2. The van der Waals surface area contributed by atoms with Crippen molar-refractivity contribution in [1.82, 2.24) is 4.90 Å². The zero-order valence-corrected chi connectivity index (χ0v) is 15.6. The van der Waals surface area contributed by atoms with E-state index in [0.717, 1.165) is 0 Å². The first kappa shape index (κ1) is 18.9. The molecule has 0 saturated carbocycles. The molecule has 0 aromatic carbocycles. The van der Waals surface area contributed by atoms with Gasteiger partial charge in [0.05, 0.1) is 23.2 Å². The maximum atomic E-state index is 9.56. The van der Waals surface area contributed by atoms with Crippen molar-refractivity contribution in [2.45, 2.75) is 18.1 Å². The van der Waals surface area contributed by atoms with Crippen LogP contribution >= 0.6 is 0 Å². The molecule has 3 atom stereocenters. The van der Waals surface area contributed by atoms with Gasteiger partial charge in [0.15, 0.2) is 34.6 Å². The molecule has 31 heavy (non-hydrogen) atoms. The average molecular weight is 402 g/mol. The number of aliphatic imine (C=N–C) groups is 5. The van der Waals surface area contributed by atoms with Gasteiger partial charge in [-0.2, -0.15) is 31.6 Å². The van der Waals surface area contributed by atoms with E-state index in [2.05, 4.69) is 25.0 Å². The SMILES string of the molecule is CN1C2=C3N=C(C#N)C(C#N)=NC3C3N=C(C#N)C(C#N)=NC3=C2N=C(C#N)C1C#N. The lowest BCUT2D eigenvalue weighted by Crippen LogP contribution is -2.47. The van der Waals surface area contributed by atoms with E-state index in [1.807, 2.05) is 30.3 Å². The van der Waals surface area contributed by atoms with Gasteiger partial charge in [0.2, 0.25) is 0 Å². The van der Waals surface area contributed by atoms with E-state index in [-0.39, 0.29) is 51.3 Å². The molecule has 142 valence electrons. The minimum Gasteiger partial charge on any atom is -0.350 e. The van der Waals surface area contributed by atoms with Crippen LogP contribution in [0.4, 0.5) is 0 Å². The molecular formula is C19H6N12. The maximum absolute atomic E-state index is 9.56. The standard InChI is InChI=1S/C19H6N12/c1-31-13(7-25)12(6-24)30-18-16-14(26-8(2-20)9(3-21)27-16)15-17(19(18)31)29-11(5-23)10(4-22)28-15/h13-15H,1H3. The van der Waals surface area contributed by atoms with Crippen molar-refractivity contribution in [3.63, 3.8) is 0 Å². The van der Waals surface area contributed by atoms with E-state index in [4.69, 9.17) is 0 Å². The third-order valence-corrected chi connectivity index (χ3v) is 4.91. The molecule has 0 spiro atoms. The van der Waals surface area contributed by atoms with Crippen molar-refractivity contribution in [2.75, 3.05) is 7.05 Å². The molecule has 0 aromatic rings. The predicted molar refractivity (Wildman–Crippen MR) is 104 cm³/mol. The normalized spacial score (nSPS) is 25.7. The summed E-state index contributed by atoms with van der Waals surface area (Å²) in [6.07, 6.45) is 0. The van der Waals surface area contributed by atoms with Gasteiger partial charge in [0, 0.05) is 7.05 Å². The number of fused-ring (bicyclic) bond motifs is 4. The summed E-state index contributed by atoms with van der Waals surface area (Å²) in [5.41, 5.74) is -0.177. The van der Waals surface area contributed by atoms with Crippen LogP contribution in [-0.4, -0.2) is 58.6 Å². The minimum atomic E-state index is -1.03. The lowest BCUT2D eigenvalue weighted by atomic mass is 9.87. The Kier molecular flexibility index (Phi) is 4.19. The molecule has 0 fully saturated rings. The van der Waals surface area contributed by atoms with Crippen LogP contribution < -0.4 is 0 Å². The number of hydrogen-bond donors (Lipinski definition) is 0. The van der Waals surface area contributed by atoms with Crippen LogP contribution in [0.3, 0.4) is 0 Å².